The highest BCUT2D eigenvalue weighted by molar-refractivity contribution is 6.07. The molecule has 113 heavy (non-hydrogen) atoms. The maximum absolute atomic E-state index is 5.49. The van der Waals surface area contributed by atoms with Gasteiger partial charge in [-0.25, -0.2) is 0 Å². The van der Waals surface area contributed by atoms with Gasteiger partial charge in [0, 0.05) is 96.3 Å². The van der Waals surface area contributed by atoms with Crippen molar-refractivity contribution >= 4 is 101 Å². The van der Waals surface area contributed by atoms with Crippen LogP contribution in [0.1, 0.15) is 92.4 Å². The second kappa shape index (κ2) is 36.7. The number of morpholine rings is 4. The predicted molar refractivity (Wildman–Crippen MR) is 473 cm³/mol. The molecule has 0 amide bonds. The van der Waals surface area contributed by atoms with Gasteiger partial charge in [0.1, 0.15) is 0 Å². The number of aromatic amines is 1. The van der Waals surface area contributed by atoms with Crippen LogP contribution in [0.2, 0.25) is 0 Å². The van der Waals surface area contributed by atoms with E-state index in [0.717, 1.165) is 163 Å². The van der Waals surface area contributed by atoms with Crippen LogP contribution in [0.4, 0.5) is 0 Å². The third-order valence-corrected chi connectivity index (χ3v) is 23.2. The van der Waals surface area contributed by atoms with Crippen LogP contribution in [0.15, 0.2) is 285 Å². The third kappa shape index (κ3) is 18.2. The number of fused-ring (bicyclic) bond motifs is 7. The number of para-hydroxylation sites is 2. The molecule has 8 aliphatic rings. The summed E-state index contributed by atoms with van der Waals surface area (Å²) in [6.07, 6.45) is 27.1. The second-order valence-corrected chi connectivity index (χ2v) is 30.3. The van der Waals surface area contributed by atoms with Gasteiger partial charge in [-0.1, -0.05) is 249 Å². The lowest BCUT2D eigenvalue weighted by Crippen LogP contribution is -2.36. The molecule has 12 aromatic rings. The number of nitrogens with one attached hydrogen (secondary N) is 1. The van der Waals surface area contributed by atoms with Gasteiger partial charge in [-0.05, 0) is 213 Å². The Morgan fingerprint density at radius 1 is 0.301 bits per heavy atom. The molecule has 10 heteroatoms. The van der Waals surface area contributed by atoms with Gasteiger partial charge < -0.3 is 23.9 Å². The Bertz CT molecular complexity index is 5580. The number of allylic oxidation sites excluding steroid dienone is 8. The van der Waals surface area contributed by atoms with Crippen LogP contribution in [0.3, 0.4) is 0 Å². The summed E-state index contributed by atoms with van der Waals surface area (Å²) in [6, 6.07) is 88.9. The highest BCUT2D eigenvalue weighted by Crippen LogP contribution is 2.44. The van der Waals surface area contributed by atoms with E-state index in [4.69, 9.17) is 18.9 Å². The van der Waals surface area contributed by atoms with Crippen LogP contribution in [0, 0.1) is 0 Å². The Kier molecular flexibility index (Phi) is 24.2. The molecule has 4 saturated heterocycles. The van der Waals surface area contributed by atoms with Crippen molar-refractivity contribution in [1.29, 1.82) is 0 Å². The van der Waals surface area contributed by atoms with Crippen molar-refractivity contribution in [2.24, 2.45) is 0 Å². The average Bonchev–Trinajstić information content (AvgIpc) is 1.75. The molecule has 0 atom stereocenters. The highest BCUT2D eigenvalue weighted by Gasteiger charge is 2.25. The minimum absolute atomic E-state index is 0.857. The second-order valence-electron chi connectivity index (χ2n) is 30.3. The molecule has 0 radical (unpaired) electrons. The normalized spacial score (nSPS) is 18.3. The Morgan fingerprint density at radius 3 is 1.18 bits per heavy atom. The molecule has 0 bridgehead atoms. The summed E-state index contributed by atoms with van der Waals surface area (Å²) in [5.41, 5.74) is 31.7. The van der Waals surface area contributed by atoms with Crippen molar-refractivity contribution in [2.45, 2.75) is 25.7 Å². The van der Waals surface area contributed by atoms with Gasteiger partial charge in [0.2, 0.25) is 0 Å². The molecule has 566 valence electrons. The number of H-pyrrole nitrogens is 1. The topological polar surface area (TPSA) is 78.6 Å². The maximum atomic E-state index is 5.49. The Hall–Kier alpha value is -11.0. The third-order valence-electron chi connectivity index (χ3n) is 23.2. The van der Waals surface area contributed by atoms with Crippen molar-refractivity contribution in [3.05, 3.63) is 352 Å². The summed E-state index contributed by atoms with van der Waals surface area (Å²) in [7, 11) is 0. The molecular formula is C103H100N6O4. The van der Waals surface area contributed by atoms with E-state index in [-0.39, 0.29) is 0 Å². The Morgan fingerprint density at radius 2 is 0.681 bits per heavy atom. The van der Waals surface area contributed by atoms with Crippen LogP contribution in [-0.4, -0.2) is 161 Å². The monoisotopic (exact) mass is 1480 g/mol. The molecule has 2 aromatic heterocycles. The number of hydrogen-bond donors (Lipinski definition) is 1. The molecule has 10 nitrogen and oxygen atoms in total. The number of ether oxygens (including phenoxy) is 4. The molecular weight excluding hydrogens is 1390 g/mol. The number of aromatic nitrogens is 2. The molecule has 4 fully saturated rings. The molecule has 4 aliphatic heterocycles. The Labute approximate surface area is 666 Å². The quantitative estimate of drug-likeness (QED) is 0.0959. The minimum Gasteiger partial charge on any atom is -0.379 e. The van der Waals surface area contributed by atoms with E-state index in [0.29, 0.717) is 0 Å². The number of hydrogen-bond acceptors (Lipinski definition) is 9. The van der Waals surface area contributed by atoms with Crippen LogP contribution in [0.25, 0.3) is 113 Å². The molecule has 10 aromatic carbocycles. The van der Waals surface area contributed by atoms with Crippen molar-refractivity contribution in [3.8, 4) is 11.1 Å². The SMILES string of the molecule is C1=C(CCN2CCOCC2)c2ccccc2/C1=C/c1ccc2ccccc2c1.C1=C(CCN2CCOCC2)c2ccccc2/C1=C/c1cccc2cc[nH]c12.C1=C(CCN2CCOCC2)c2ccccc2/C1=C/c1ccccc1-c1ccccc1.C1=C(CCN2CCOCC2)c2ccccc2/C1=C/c1ccnc2ccccc12. The van der Waals surface area contributed by atoms with Gasteiger partial charge >= 0.3 is 0 Å². The van der Waals surface area contributed by atoms with Gasteiger partial charge in [0.25, 0.3) is 0 Å². The largest absolute Gasteiger partial charge is 0.379 e. The van der Waals surface area contributed by atoms with E-state index >= 15 is 0 Å². The highest BCUT2D eigenvalue weighted by atomic mass is 16.5. The zero-order valence-corrected chi connectivity index (χ0v) is 64.8. The zero-order chi connectivity index (χ0) is 75.8. The molecule has 4 aliphatic carbocycles. The lowest BCUT2D eigenvalue weighted by molar-refractivity contribution is 0.0389. The minimum atomic E-state index is 0.857. The van der Waals surface area contributed by atoms with E-state index in [1.807, 2.05) is 18.5 Å². The van der Waals surface area contributed by atoms with Crippen LogP contribution >= 0.6 is 0 Å². The fraction of sp³-hybridized carbons (Fsp3) is 0.233. The first-order valence-electron chi connectivity index (χ1n) is 40.8. The molecule has 0 spiro atoms. The van der Waals surface area contributed by atoms with E-state index in [1.54, 1.807) is 0 Å². The summed E-state index contributed by atoms with van der Waals surface area (Å²) in [5, 5.41) is 5.04. The van der Waals surface area contributed by atoms with Gasteiger partial charge in [-0.15, -0.1) is 0 Å². The fourth-order valence-corrected chi connectivity index (χ4v) is 17.1. The lowest BCUT2D eigenvalue weighted by atomic mass is 9.96. The lowest BCUT2D eigenvalue weighted by Gasteiger charge is -2.26. The zero-order valence-electron chi connectivity index (χ0n) is 64.8. The van der Waals surface area contributed by atoms with Crippen LogP contribution < -0.4 is 0 Å². The van der Waals surface area contributed by atoms with E-state index < -0.39 is 0 Å². The van der Waals surface area contributed by atoms with Crippen molar-refractivity contribution < 1.29 is 18.9 Å². The van der Waals surface area contributed by atoms with Gasteiger partial charge in [0.05, 0.1) is 63.9 Å². The van der Waals surface area contributed by atoms with Gasteiger partial charge in [-0.2, -0.15) is 0 Å². The first-order chi connectivity index (χ1) is 56.0. The van der Waals surface area contributed by atoms with Crippen LogP contribution in [0.5, 0.6) is 0 Å². The predicted octanol–water partition coefficient (Wildman–Crippen LogP) is 21.2. The summed E-state index contributed by atoms with van der Waals surface area (Å²) >= 11 is 0. The Balaban J connectivity index is 0.000000109. The number of rotatable bonds is 17. The molecule has 6 heterocycles. The first kappa shape index (κ1) is 74.7. The number of nitrogens with zero attached hydrogens (tertiary/aromatic N) is 5. The van der Waals surface area contributed by atoms with E-state index in [1.165, 1.54) is 150 Å². The van der Waals surface area contributed by atoms with Crippen molar-refractivity contribution in [3.63, 3.8) is 0 Å². The summed E-state index contributed by atoms with van der Waals surface area (Å²) < 4.78 is 21.9. The average molecular weight is 1490 g/mol. The molecule has 1 N–H and O–H groups in total. The molecule has 20 rings (SSSR count). The number of benzene rings is 10. The standard InChI is InChI=1S/C28H27NO.C26H25NO.C25H24N2O.C24H24N2O/c1-2-8-22(9-3-1)26-11-5-4-10-23(26)20-25-21-24(27-12-6-7-13-28(25)27)14-15-29-16-18-30-19-17-29;1-2-6-22-17-20(9-10-21(22)5-1)18-24-19-23(25-7-3-4-8-26(24)25)11-12-27-13-15-28-16-14-27;1-2-6-23-21(17-19-9-11-26-25-8-4-3-7-24(19)25)18-20(22(23)5-1)10-12-27-13-15-28-16-14-27;1-2-7-23-21(17-20-5-3-4-18-8-10-25-24(18)20)16-19(22(23)6-1)9-11-26-12-14-27-15-13-26/h1-13,20-21H,14-19H2;1-10,17-19H,11-16H2;1-9,11,17-18H,10,12-16H2;1-8,10,16-17,25H,9,11-15H2/b25-20+;24-18+;2*21-17+. The van der Waals surface area contributed by atoms with E-state index in [9.17, 15) is 0 Å². The molecule has 0 unspecified atom stereocenters. The number of pyridine rings is 1. The van der Waals surface area contributed by atoms with Gasteiger partial charge in [0.15, 0.2) is 0 Å². The summed E-state index contributed by atoms with van der Waals surface area (Å²) in [4.78, 5) is 17.9. The summed E-state index contributed by atoms with van der Waals surface area (Å²) in [5.74, 6) is 0. The fourth-order valence-electron chi connectivity index (χ4n) is 17.1. The van der Waals surface area contributed by atoms with E-state index in [2.05, 4.69) is 321 Å². The molecule has 0 saturated carbocycles. The van der Waals surface area contributed by atoms with Crippen LogP contribution in [-0.2, 0) is 18.9 Å². The van der Waals surface area contributed by atoms with Crippen molar-refractivity contribution in [2.75, 3.05) is 131 Å². The summed E-state index contributed by atoms with van der Waals surface area (Å²) in [6.45, 7) is 19.6. The maximum Gasteiger partial charge on any atom is 0.0707 e. The van der Waals surface area contributed by atoms with Crippen molar-refractivity contribution in [1.82, 2.24) is 29.6 Å². The van der Waals surface area contributed by atoms with Gasteiger partial charge in [-0.3, -0.25) is 24.6 Å². The first-order valence-corrected chi connectivity index (χ1v) is 40.8. The smallest absolute Gasteiger partial charge is 0.0707 e.